The maximum atomic E-state index is 13.6. The SMILES string of the molecule is CC(Nc1cc(F)c(I)cc1[N+](=O)[O-])c1ccccc1. The van der Waals surface area contributed by atoms with Crippen LogP contribution in [-0.2, 0) is 0 Å². The zero-order valence-electron chi connectivity index (χ0n) is 10.6. The van der Waals surface area contributed by atoms with Gasteiger partial charge in [-0.2, -0.15) is 0 Å². The third-order valence-electron chi connectivity index (χ3n) is 2.91. The molecule has 0 saturated heterocycles. The Morgan fingerprint density at radius 3 is 2.55 bits per heavy atom. The molecule has 1 N–H and O–H groups in total. The van der Waals surface area contributed by atoms with Gasteiger partial charge < -0.3 is 5.32 Å². The van der Waals surface area contributed by atoms with Crippen molar-refractivity contribution in [2.45, 2.75) is 13.0 Å². The lowest BCUT2D eigenvalue weighted by molar-refractivity contribution is -0.384. The molecule has 0 saturated carbocycles. The fraction of sp³-hybridized carbons (Fsp3) is 0.143. The molecular formula is C14H12FIN2O2. The molecule has 1 atom stereocenters. The van der Waals surface area contributed by atoms with Gasteiger partial charge in [0.1, 0.15) is 11.5 Å². The van der Waals surface area contributed by atoms with Crippen LogP contribution in [0.15, 0.2) is 42.5 Å². The van der Waals surface area contributed by atoms with Gasteiger partial charge in [0.2, 0.25) is 0 Å². The van der Waals surface area contributed by atoms with Crippen LogP contribution in [0.3, 0.4) is 0 Å². The van der Waals surface area contributed by atoms with E-state index >= 15 is 0 Å². The number of anilines is 1. The molecule has 2 rings (SSSR count). The quantitative estimate of drug-likeness (QED) is 0.478. The van der Waals surface area contributed by atoms with E-state index in [0.29, 0.717) is 0 Å². The van der Waals surface area contributed by atoms with Crippen LogP contribution < -0.4 is 5.32 Å². The molecule has 4 nitrogen and oxygen atoms in total. The molecule has 0 aliphatic heterocycles. The Morgan fingerprint density at radius 2 is 1.95 bits per heavy atom. The molecule has 0 aliphatic rings. The van der Waals surface area contributed by atoms with Crippen molar-refractivity contribution in [3.05, 3.63) is 67.5 Å². The zero-order valence-corrected chi connectivity index (χ0v) is 12.8. The van der Waals surface area contributed by atoms with E-state index in [1.54, 1.807) is 22.6 Å². The van der Waals surface area contributed by atoms with Crippen molar-refractivity contribution in [1.29, 1.82) is 0 Å². The lowest BCUT2D eigenvalue weighted by atomic mass is 10.1. The summed E-state index contributed by atoms with van der Waals surface area (Å²) in [4.78, 5) is 10.5. The van der Waals surface area contributed by atoms with E-state index in [2.05, 4.69) is 5.32 Å². The molecule has 0 aromatic heterocycles. The van der Waals surface area contributed by atoms with E-state index in [9.17, 15) is 14.5 Å². The molecule has 2 aromatic carbocycles. The van der Waals surface area contributed by atoms with E-state index < -0.39 is 10.7 Å². The molecule has 0 bridgehead atoms. The van der Waals surface area contributed by atoms with Gasteiger partial charge >= 0.3 is 0 Å². The number of nitro benzene ring substituents is 1. The number of rotatable bonds is 4. The second-order valence-corrected chi connectivity index (χ2v) is 5.48. The predicted molar refractivity (Wildman–Crippen MR) is 84.3 cm³/mol. The van der Waals surface area contributed by atoms with Crippen LogP contribution in [0.2, 0.25) is 0 Å². The van der Waals surface area contributed by atoms with Crippen LogP contribution in [-0.4, -0.2) is 4.92 Å². The Balaban J connectivity index is 2.33. The van der Waals surface area contributed by atoms with Gasteiger partial charge in [0.15, 0.2) is 0 Å². The van der Waals surface area contributed by atoms with Crippen molar-refractivity contribution in [3.63, 3.8) is 0 Å². The van der Waals surface area contributed by atoms with Crippen LogP contribution in [0.4, 0.5) is 15.8 Å². The number of nitrogens with one attached hydrogen (secondary N) is 1. The lowest BCUT2D eigenvalue weighted by Gasteiger charge is -2.16. The minimum absolute atomic E-state index is 0.126. The fourth-order valence-electron chi connectivity index (χ4n) is 1.86. The van der Waals surface area contributed by atoms with E-state index in [-0.39, 0.29) is 21.0 Å². The monoisotopic (exact) mass is 386 g/mol. The van der Waals surface area contributed by atoms with E-state index in [0.717, 1.165) is 5.56 Å². The summed E-state index contributed by atoms with van der Waals surface area (Å²) in [7, 11) is 0. The Bertz CT molecular complexity index is 635. The molecule has 0 aliphatic carbocycles. The largest absolute Gasteiger partial charge is 0.373 e. The Labute approximate surface area is 129 Å². The highest BCUT2D eigenvalue weighted by molar-refractivity contribution is 14.1. The first-order valence-corrected chi connectivity index (χ1v) is 7.02. The van der Waals surface area contributed by atoms with Crippen LogP contribution in [0.1, 0.15) is 18.5 Å². The van der Waals surface area contributed by atoms with Crippen molar-refractivity contribution in [3.8, 4) is 0 Å². The summed E-state index contributed by atoms with van der Waals surface area (Å²) >= 11 is 1.74. The zero-order chi connectivity index (χ0) is 14.7. The molecule has 1 unspecified atom stereocenters. The minimum Gasteiger partial charge on any atom is -0.373 e. The maximum Gasteiger partial charge on any atom is 0.293 e. The Hall–Kier alpha value is -1.70. The van der Waals surface area contributed by atoms with Gasteiger partial charge in [-0.1, -0.05) is 30.3 Å². The first-order chi connectivity index (χ1) is 9.49. The van der Waals surface area contributed by atoms with Crippen LogP contribution >= 0.6 is 22.6 Å². The molecule has 6 heteroatoms. The Morgan fingerprint density at radius 1 is 1.30 bits per heavy atom. The smallest absolute Gasteiger partial charge is 0.293 e. The average molecular weight is 386 g/mol. The molecule has 104 valence electrons. The van der Waals surface area contributed by atoms with Gasteiger partial charge in [0, 0.05) is 18.2 Å². The van der Waals surface area contributed by atoms with Crippen molar-refractivity contribution in [1.82, 2.24) is 0 Å². The van der Waals surface area contributed by atoms with Gasteiger partial charge in [-0.3, -0.25) is 10.1 Å². The predicted octanol–water partition coefficient (Wildman–Crippen LogP) is 4.51. The molecule has 0 amide bonds. The standard InChI is InChI=1S/C14H12FIN2O2/c1-9(10-5-3-2-4-6-10)17-13-7-11(15)12(16)8-14(13)18(19)20/h2-9,17H,1H3. The number of hydrogen-bond acceptors (Lipinski definition) is 3. The van der Waals surface area contributed by atoms with Crippen molar-refractivity contribution >= 4 is 34.0 Å². The summed E-state index contributed by atoms with van der Waals surface area (Å²) in [6, 6.07) is 11.7. The molecule has 0 heterocycles. The number of benzene rings is 2. The molecule has 0 fully saturated rings. The summed E-state index contributed by atoms with van der Waals surface area (Å²) in [5.41, 5.74) is 1.03. The number of halogens is 2. The highest BCUT2D eigenvalue weighted by Crippen LogP contribution is 2.31. The van der Waals surface area contributed by atoms with Gasteiger partial charge in [0.25, 0.3) is 5.69 Å². The molecule has 0 spiro atoms. The average Bonchev–Trinajstić information content (AvgIpc) is 2.43. The van der Waals surface area contributed by atoms with Crippen LogP contribution in [0, 0.1) is 19.5 Å². The summed E-state index contributed by atoms with van der Waals surface area (Å²) in [5.74, 6) is -0.473. The Kier molecular flexibility index (Phi) is 4.53. The second kappa shape index (κ2) is 6.17. The third kappa shape index (κ3) is 3.24. The van der Waals surface area contributed by atoms with Crippen molar-refractivity contribution in [2.75, 3.05) is 5.32 Å². The lowest BCUT2D eigenvalue weighted by Crippen LogP contribution is -2.09. The fourth-order valence-corrected chi connectivity index (χ4v) is 2.31. The first-order valence-electron chi connectivity index (χ1n) is 5.94. The van der Waals surface area contributed by atoms with Gasteiger partial charge in [0.05, 0.1) is 8.49 Å². The maximum absolute atomic E-state index is 13.6. The number of nitro groups is 1. The third-order valence-corrected chi connectivity index (χ3v) is 3.73. The molecule has 0 radical (unpaired) electrons. The second-order valence-electron chi connectivity index (χ2n) is 4.32. The van der Waals surface area contributed by atoms with Crippen molar-refractivity contribution < 1.29 is 9.31 Å². The number of hydrogen-bond donors (Lipinski definition) is 1. The summed E-state index contributed by atoms with van der Waals surface area (Å²) < 4.78 is 13.8. The van der Waals surface area contributed by atoms with Gasteiger partial charge in [-0.15, -0.1) is 0 Å². The normalized spacial score (nSPS) is 11.9. The van der Waals surface area contributed by atoms with Gasteiger partial charge in [-0.25, -0.2) is 4.39 Å². The van der Waals surface area contributed by atoms with E-state index in [1.807, 2.05) is 37.3 Å². The topological polar surface area (TPSA) is 55.2 Å². The molecular weight excluding hydrogens is 374 g/mol. The first kappa shape index (κ1) is 14.7. The molecule has 2 aromatic rings. The van der Waals surface area contributed by atoms with E-state index in [1.165, 1.54) is 12.1 Å². The van der Waals surface area contributed by atoms with Crippen molar-refractivity contribution in [2.24, 2.45) is 0 Å². The summed E-state index contributed by atoms with van der Waals surface area (Å²) in [5, 5.41) is 14.0. The summed E-state index contributed by atoms with van der Waals surface area (Å²) in [6.07, 6.45) is 0. The van der Waals surface area contributed by atoms with E-state index in [4.69, 9.17) is 0 Å². The van der Waals surface area contributed by atoms with Gasteiger partial charge in [-0.05, 0) is 35.1 Å². The minimum atomic E-state index is -0.512. The highest BCUT2D eigenvalue weighted by Gasteiger charge is 2.19. The van der Waals surface area contributed by atoms with Crippen LogP contribution in [0.25, 0.3) is 0 Å². The number of nitrogens with zero attached hydrogens (tertiary/aromatic N) is 1. The highest BCUT2D eigenvalue weighted by atomic mass is 127. The summed E-state index contributed by atoms with van der Waals surface area (Å²) in [6.45, 7) is 1.87. The van der Waals surface area contributed by atoms with Crippen LogP contribution in [0.5, 0.6) is 0 Å². The molecule has 20 heavy (non-hydrogen) atoms.